The third-order valence-corrected chi connectivity index (χ3v) is 5.14. The molecule has 136 valence electrons. The molecular weight excluding hydrogens is 324 g/mol. The van der Waals surface area contributed by atoms with Gasteiger partial charge in [-0.3, -0.25) is 9.59 Å². The lowest BCUT2D eigenvalue weighted by Gasteiger charge is -2.34. The van der Waals surface area contributed by atoms with Crippen LogP contribution >= 0.6 is 0 Å². The van der Waals surface area contributed by atoms with Gasteiger partial charge in [0.05, 0.1) is 0 Å². The number of aryl methyl sites for hydroxylation is 1. The van der Waals surface area contributed by atoms with Crippen LogP contribution in [-0.4, -0.2) is 23.3 Å². The number of nitrogens with one attached hydrogen (secondary N) is 1. The Morgan fingerprint density at radius 3 is 2.35 bits per heavy atom. The predicted molar refractivity (Wildman–Crippen MR) is 104 cm³/mol. The van der Waals surface area contributed by atoms with Gasteiger partial charge in [-0.2, -0.15) is 0 Å². The van der Waals surface area contributed by atoms with Crippen molar-refractivity contribution in [1.82, 2.24) is 4.90 Å². The smallest absolute Gasteiger partial charge is 0.239 e. The van der Waals surface area contributed by atoms with E-state index in [2.05, 4.69) is 24.4 Å². The van der Waals surface area contributed by atoms with Crippen molar-refractivity contribution in [2.24, 2.45) is 5.41 Å². The van der Waals surface area contributed by atoms with Gasteiger partial charge >= 0.3 is 0 Å². The van der Waals surface area contributed by atoms with Crippen molar-refractivity contribution >= 4 is 17.5 Å². The molecular formula is C22H26N2O2. The van der Waals surface area contributed by atoms with Crippen LogP contribution in [0.3, 0.4) is 0 Å². The van der Waals surface area contributed by atoms with Crippen molar-refractivity contribution in [3.63, 3.8) is 0 Å². The van der Waals surface area contributed by atoms with Crippen LogP contribution in [-0.2, 0) is 29.0 Å². The highest BCUT2D eigenvalue weighted by molar-refractivity contribution is 6.09. The standard InChI is InChI=1S/C22H26N2O2/c1-4-16-9-11-19(12-10-16)23-20(25)22(2,3)21(26)24-14-13-17-7-5-6-8-18(17)15-24/h5-12H,4,13-15H2,1-3H3,(H,23,25). The summed E-state index contributed by atoms with van der Waals surface area (Å²) < 4.78 is 0. The van der Waals surface area contributed by atoms with Crippen molar-refractivity contribution in [2.75, 3.05) is 11.9 Å². The molecule has 4 heteroatoms. The Labute approximate surface area is 155 Å². The van der Waals surface area contributed by atoms with E-state index < -0.39 is 5.41 Å². The van der Waals surface area contributed by atoms with E-state index in [1.54, 1.807) is 18.7 Å². The maximum Gasteiger partial charge on any atom is 0.239 e. The van der Waals surface area contributed by atoms with E-state index in [1.165, 1.54) is 16.7 Å². The minimum Gasteiger partial charge on any atom is -0.337 e. The number of benzene rings is 2. The van der Waals surface area contributed by atoms with E-state index in [-0.39, 0.29) is 11.8 Å². The van der Waals surface area contributed by atoms with Gasteiger partial charge < -0.3 is 10.2 Å². The lowest BCUT2D eigenvalue weighted by molar-refractivity contribution is -0.147. The first-order valence-electron chi connectivity index (χ1n) is 9.18. The van der Waals surface area contributed by atoms with Gasteiger partial charge in [-0.05, 0) is 55.5 Å². The third kappa shape index (κ3) is 3.64. The number of rotatable bonds is 4. The van der Waals surface area contributed by atoms with Gasteiger partial charge in [-0.1, -0.05) is 43.3 Å². The van der Waals surface area contributed by atoms with Gasteiger partial charge in [0, 0.05) is 18.8 Å². The van der Waals surface area contributed by atoms with Gasteiger partial charge in [-0.25, -0.2) is 0 Å². The molecule has 1 aliphatic heterocycles. The minimum atomic E-state index is -1.12. The largest absolute Gasteiger partial charge is 0.337 e. The van der Waals surface area contributed by atoms with Crippen molar-refractivity contribution < 1.29 is 9.59 Å². The SMILES string of the molecule is CCc1ccc(NC(=O)C(C)(C)C(=O)N2CCc3ccccc3C2)cc1. The number of nitrogens with zero attached hydrogens (tertiary/aromatic N) is 1. The molecule has 0 atom stereocenters. The fraction of sp³-hybridized carbons (Fsp3) is 0.364. The van der Waals surface area contributed by atoms with E-state index in [0.29, 0.717) is 13.1 Å². The molecule has 0 aromatic heterocycles. The summed E-state index contributed by atoms with van der Waals surface area (Å²) in [6.07, 6.45) is 1.78. The topological polar surface area (TPSA) is 49.4 Å². The number of carbonyl (C=O) groups is 2. The molecule has 0 fully saturated rings. The van der Waals surface area contributed by atoms with E-state index in [4.69, 9.17) is 0 Å². The lowest BCUT2D eigenvalue weighted by Crippen LogP contribution is -2.48. The number of hydrogen-bond acceptors (Lipinski definition) is 2. The van der Waals surface area contributed by atoms with Crippen LogP contribution in [0.25, 0.3) is 0 Å². The Balaban J connectivity index is 1.70. The Morgan fingerprint density at radius 2 is 1.69 bits per heavy atom. The van der Waals surface area contributed by atoms with Crippen molar-refractivity contribution in [3.8, 4) is 0 Å². The molecule has 1 aliphatic rings. The van der Waals surface area contributed by atoms with Crippen LogP contribution in [0.5, 0.6) is 0 Å². The highest BCUT2D eigenvalue weighted by Crippen LogP contribution is 2.26. The van der Waals surface area contributed by atoms with E-state index in [0.717, 1.165) is 18.5 Å². The minimum absolute atomic E-state index is 0.130. The Bertz CT molecular complexity index is 809. The fourth-order valence-electron chi connectivity index (χ4n) is 3.27. The second kappa shape index (κ2) is 7.32. The average Bonchev–Trinajstić information content (AvgIpc) is 2.67. The number of anilines is 1. The first-order chi connectivity index (χ1) is 12.4. The highest BCUT2D eigenvalue weighted by atomic mass is 16.2. The van der Waals surface area contributed by atoms with Gasteiger partial charge in [0.25, 0.3) is 0 Å². The molecule has 0 saturated carbocycles. The summed E-state index contributed by atoms with van der Waals surface area (Å²) >= 11 is 0. The number of amides is 2. The summed E-state index contributed by atoms with van der Waals surface area (Å²) in [4.78, 5) is 27.6. The van der Waals surface area contributed by atoms with Crippen LogP contribution in [0, 0.1) is 5.41 Å². The Kier molecular flexibility index (Phi) is 5.12. The van der Waals surface area contributed by atoms with Gasteiger partial charge in [0.15, 0.2) is 0 Å². The molecule has 26 heavy (non-hydrogen) atoms. The van der Waals surface area contributed by atoms with E-state index in [1.807, 2.05) is 36.4 Å². The molecule has 0 unspecified atom stereocenters. The second-order valence-corrected chi connectivity index (χ2v) is 7.38. The number of hydrogen-bond donors (Lipinski definition) is 1. The van der Waals surface area contributed by atoms with Crippen molar-refractivity contribution in [3.05, 3.63) is 65.2 Å². The zero-order chi connectivity index (χ0) is 18.7. The molecule has 0 radical (unpaired) electrons. The monoisotopic (exact) mass is 350 g/mol. The van der Waals surface area contributed by atoms with Gasteiger partial charge in [0.2, 0.25) is 11.8 Å². The zero-order valence-electron chi connectivity index (χ0n) is 15.7. The molecule has 1 heterocycles. The molecule has 0 aliphatic carbocycles. The number of fused-ring (bicyclic) bond motifs is 1. The van der Waals surface area contributed by atoms with Crippen LogP contribution in [0.15, 0.2) is 48.5 Å². The third-order valence-electron chi connectivity index (χ3n) is 5.14. The van der Waals surface area contributed by atoms with Gasteiger partial charge in [0.1, 0.15) is 5.41 Å². The summed E-state index contributed by atoms with van der Waals surface area (Å²) in [6.45, 7) is 6.71. The summed E-state index contributed by atoms with van der Waals surface area (Å²) in [5.41, 5.74) is 3.27. The molecule has 1 N–H and O–H groups in total. The molecule has 2 aromatic rings. The molecule has 0 spiro atoms. The summed E-state index contributed by atoms with van der Waals surface area (Å²) in [6, 6.07) is 15.9. The predicted octanol–water partition coefficient (Wildman–Crippen LogP) is 3.80. The first kappa shape index (κ1) is 18.2. The zero-order valence-corrected chi connectivity index (χ0v) is 15.7. The highest BCUT2D eigenvalue weighted by Gasteiger charge is 2.40. The maximum absolute atomic E-state index is 13.0. The van der Waals surface area contributed by atoms with Crippen molar-refractivity contribution in [1.29, 1.82) is 0 Å². The Morgan fingerprint density at radius 1 is 1.04 bits per heavy atom. The van der Waals surface area contributed by atoms with Crippen LogP contribution < -0.4 is 5.32 Å². The molecule has 4 nitrogen and oxygen atoms in total. The molecule has 2 amide bonds. The van der Waals surface area contributed by atoms with E-state index in [9.17, 15) is 9.59 Å². The van der Waals surface area contributed by atoms with Crippen LogP contribution in [0.2, 0.25) is 0 Å². The molecule has 0 saturated heterocycles. The maximum atomic E-state index is 13.0. The van der Waals surface area contributed by atoms with Crippen LogP contribution in [0.4, 0.5) is 5.69 Å². The van der Waals surface area contributed by atoms with Crippen LogP contribution in [0.1, 0.15) is 37.5 Å². The average molecular weight is 350 g/mol. The lowest BCUT2D eigenvalue weighted by atomic mass is 9.88. The van der Waals surface area contributed by atoms with Crippen molar-refractivity contribution in [2.45, 2.75) is 40.2 Å². The first-order valence-corrected chi connectivity index (χ1v) is 9.18. The summed E-state index contributed by atoms with van der Waals surface area (Å²) in [5.74, 6) is -0.403. The molecule has 0 bridgehead atoms. The quantitative estimate of drug-likeness (QED) is 0.853. The normalized spacial score (nSPS) is 13.9. The molecule has 3 rings (SSSR count). The summed E-state index contributed by atoms with van der Waals surface area (Å²) in [7, 11) is 0. The molecule has 2 aromatic carbocycles. The Hall–Kier alpha value is -2.62. The number of carbonyl (C=O) groups excluding carboxylic acids is 2. The van der Waals surface area contributed by atoms with Gasteiger partial charge in [-0.15, -0.1) is 0 Å². The second-order valence-electron chi connectivity index (χ2n) is 7.38. The fourth-order valence-corrected chi connectivity index (χ4v) is 3.27. The summed E-state index contributed by atoms with van der Waals surface area (Å²) in [5, 5.41) is 2.89. The van der Waals surface area contributed by atoms with E-state index >= 15 is 0 Å².